The van der Waals surface area contributed by atoms with Crippen molar-refractivity contribution in [3.05, 3.63) is 53.7 Å². The quantitative estimate of drug-likeness (QED) is 0.643. The summed E-state index contributed by atoms with van der Waals surface area (Å²) in [6.45, 7) is 3.81. The van der Waals surface area contributed by atoms with Gasteiger partial charge in [0.1, 0.15) is 11.6 Å². The summed E-state index contributed by atoms with van der Waals surface area (Å²) >= 11 is 0. The van der Waals surface area contributed by atoms with Gasteiger partial charge in [0.2, 0.25) is 0 Å². The maximum atomic E-state index is 13.2. The molecule has 9 heteroatoms. The Balaban J connectivity index is 1.36. The summed E-state index contributed by atoms with van der Waals surface area (Å²) in [5.41, 5.74) is -0.0966. The van der Waals surface area contributed by atoms with Gasteiger partial charge >= 0.3 is 6.18 Å². The minimum Gasteiger partial charge on any atom is -0.497 e. The van der Waals surface area contributed by atoms with Crippen LogP contribution < -0.4 is 15.0 Å². The van der Waals surface area contributed by atoms with Gasteiger partial charge < -0.3 is 15.0 Å². The van der Waals surface area contributed by atoms with E-state index in [1.807, 2.05) is 0 Å². The lowest BCUT2D eigenvalue weighted by atomic mass is 10.2. The molecule has 0 aliphatic carbocycles. The first kappa shape index (κ1) is 22.9. The van der Waals surface area contributed by atoms with E-state index in [2.05, 4.69) is 15.2 Å². The van der Waals surface area contributed by atoms with Gasteiger partial charge in [-0.25, -0.2) is 4.98 Å². The van der Waals surface area contributed by atoms with E-state index in [4.69, 9.17) is 4.74 Å². The molecule has 31 heavy (non-hydrogen) atoms. The third-order valence-electron chi connectivity index (χ3n) is 5.30. The fraction of sp³-hybridized carbons (Fsp3) is 0.455. The van der Waals surface area contributed by atoms with E-state index in [0.29, 0.717) is 44.0 Å². The molecule has 6 nitrogen and oxygen atoms in total. The largest absolute Gasteiger partial charge is 0.497 e. The summed E-state index contributed by atoms with van der Waals surface area (Å²) in [6, 6.07) is 9.33. The average Bonchev–Trinajstić information content (AvgIpc) is 2.78. The molecule has 1 fully saturated rings. The Labute approximate surface area is 180 Å². The van der Waals surface area contributed by atoms with E-state index in [1.165, 1.54) is 12.3 Å². The zero-order valence-corrected chi connectivity index (χ0v) is 17.5. The Kier molecular flexibility index (Phi) is 7.73. The van der Waals surface area contributed by atoms with Crippen LogP contribution >= 0.6 is 0 Å². The fourth-order valence-corrected chi connectivity index (χ4v) is 3.56. The van der Waals surface area contributed by atoms with Crippen LogP contribution in [0, 0.1) is 0 Å². The highest BCUT2D eigenvalue weighted by Gasteiger charge is 2.36. The number of amides is 1. The summed E-state index contributed by atoms with van der Waals surface area (Å²) in [5.74, 6) is 0.595. The van der Waals surface area contributed by atoms with Crippen LogP contribution in [-0.2, 0) is 6.18 Å². The van der Waals surface area contributed by atoms with Crippen molar-refractivity contribution < 1.29 is 22.7 Å². The Morgan fingerprint density at radius 2 is 1.81 bits per heavy atom. The number of halogens is 3. The molecule has 2 heterocycles. The molecule has 0 bridgehead atoms. The van der Waals surface area contributed by atoms with E-state index in [1.54, 1.807) is 36.3 Å². The number of piperazine rings is 1. The molecule has 0 atom stereocenters. The van der Waals surface area contributed by atoms with Crippen molar-refractivity contribution >= 4 is 11.7 Å². The Morgan fingerprint density at radius 1 is 1.10 bits per heavy atom. The van der Waals surface area contributed by atoms with E-state index >= 15 is 0 Å². The monoisotopic (exact) mass is 436 g/mol. The molecule has 1 aliphatic rings. The van der Waals surface area contributed by atoms with E-state index in [-0.39, 0.29) is 11.7 Å². The van der Waals surface area contributed by atoms with E-state index in [0.717, 1.165) is 25.5 Å². The number of alkyl halides is 3. The molecule has 1 amide bonds. The minimum absolute atomic E-state index is 0.0101. The van der Waals surface area contributed by atoms with Gasteiger partial charge in [0.25, 0.3) is 5.91 Å². The normalized spacial score (nSPS) is 15.0. The van der Waals surface area contributed by atoms with Crippen molar-refractivity contribution in [2.24, 2.45) is 0 Å². The maximum Gasteiger partial charge on any atom is 0.419 e. The number of carbonyl (C=O) groups is 1. The van der Waals surface area contributed by atoms with Crippen molar-refractivity contribution in [1.29, 1.82) is 0 Å². The summed E-state index contributed by atoms with van der Waals surface area (Å²) in [6.07, 6.45) is -1.27. The number of pyridine rings is 1. The first-order valence-corrected chi connectivity index (χ1v) is 10.3. The molecule has 0 saturated carbocycles. The summed E-state index contributed by atoms with van der Waals surface area (Å²) in [4.78, 5) is 20.0. The minimum atomic E-state index is -4.41. The topological polar surface area (TPSA) is 57.7 Å². The van der Waals surface area contributed by atoms with Crippen LogP contribution in [0.3, 0.4) is 0 Å². The number of hydrogen-bond acceptors (Lipinski definition) is 5. The molecule has 0 radical (unpaired) electrons. The Hall–Kier alpha value is -2.81. The Morgan fingerprint density at radius 3 is 2.45 bits per heavy atom. The lowest BCUT2D eigenvalue weighted by Crippen LogP contribution is -2.47. The molecular weight excluding hydrogens is 409 g/mol. The average molecular weight is 436 g/mol. The second-order valence-electron chi connectivity index (χ2n) is 7.39. The highest BCUT2D eigenvalue weighted by molar-refractivity contribution is 5.94. The highest BCUT2D eigenvalue weighted by Crippen LogP contribution is 2.35. The molecule has 0 unspecified atom stereocenters. The fourth-order valence-electron chi connectivity index (χ4n) is 3.56. The lowest BCUT2D eigenvalue weighted by molar-refractivity contribution is -0.137. The van der Waals surface area contributed by atoms with Crippen LogP contribution in [-0.4, -0.2) is 62.2 Å². The number of methoxy groups -OCH3 is 1. The SMILES string of the molecule is COc1ccc(C(=O)NCCCCN2CCN(c3ncccc3C(F)(F)F)CC2)cc1. The van der Waals surface area contributed by atoms with Crippen LogP contribution in [0.2, 0.25) is 0 Å². The van der Waals surface area contributed by atoms with Crippen LogP contribution in [0.4, 0.5) is 19.0 Å². The molecule has 0 spiro atoms. The summed E-state index contributed by atoms with van der Waals surface area (Å²) in [5, 5.41) is 2.90. The van der Waals surface area contributed by atoms with Gasteiger partial charge in [0.15, 0.2) is 0 Å². The number of benzene rings is 1. The summed E-state index contributed by atoms with van der Waals surface area (Å²) < 4.78 is 44.7. The van der Waals surface area contributed by atoms with E-state index < -0.39 is 11.7 Å². The van der Waals surface area contributed by atoms with Gasteiger partial charge in [0.05, 0.1) is 12.7 Å². The van der Waals surface area contributed by atoms with Crippen LogP contribution in [0.25, 0.3) is 0 Å². The van der Waals surface area contributed by atoms with Crippen molar-refractivity contribution in [3.8, 4) is 5.75 Å². The molecule has 1 aliphatic heterocycles. The third-order valence-corrected chi connectivity index (χ3v) is 5.30. The molecule has 168 valence electrons. The smallest absolute Gasteiger partial charge is 0.419 e. The predicted octanol–water partition coefficient (Wildman–Crippen LogP) is 3.44. The molecule has 1 N–H and O–H groups in total. The van der Waals surface area contributed by atoms with Crippen LogP contribution in [0.5, 0.6) is 5.75 Å². The molecule has 1 aromatic heterocycles. The van der Waals surface area contributed by atoms with Gasteiger partial charge in [-0.1, -0.05) is 0 Å². The lowest BCUT2D eigenvalue weighted by Gasteiger charge is -2.36. The summed E-state index contributed by atoms with van der Waals surface area (Å²) in [7, 11) is 1.58. The third kappa shape index (κ3) is 6.33. The van der Waals surface area contributed by atoms with Crippen LogP contribution in [0.1, 0.15) is 28.8 Å². The second kappa shape index (κ2) is 10.5. The number of nitrogens with one attached hydrogen (secondary N) is 1. The van der Waals surface area contributed by atoms with Crippen molar-refractivity contribution in [2.75, 3.05) is 51.3 Å². The van der Waals surface area contributed by atoms with Crippen molar-refractivity contribution in [3.63, 3.8) is 0 Å². The second-order valence-corrected chi connectivity index (χ2v) is 7.39. The number of nitrogens with zero attached hydrogens (tertiary/aromatic N) is 3. The molecule has 1 saturated heterocycles. The zero-order valence-electron chi connectivity index (χ0n) is 17.5. The highest BCUT2D eigenvalue weighted by atomic mass is 19.4. The van der Waals surface area contributed by atoms with Crippen LogP contribution in [0.15, 0.2) is 42.6 Å². The zero-order chi connectivity index (χ0) is 22.3. The number of ether oxygens (including phenoxy) is 1. The standard InChI is InChI=1S/C22H27F3N4O2/c1-31-18-8-6-17(7-9-18)21(30)27-10-2-3-12-28-13-15-29(16-14-28)20-19(22(23,24)25)5-4-11-26-20/h4-9,11H,2-3,10,12-16H2,1H3,(H,27,30). The molecule has 2 aromatic rings. The maximum absolute atomic E-state index is 13.2. The number of hydrogen-bond donors (Lipinski definition) is 1. The number of rotatable bonds is 8. The molecule has 3 rings (SSSR count). The van der Waals surface area contributed by atoms with Gasteiger partial charge in [0, 0.05) is 44.5 Å². The van der Waals surface area contributed by atoms with Gasteiger partial charge in [-0.05, 0) is 55.8 Å². The molecular formula is C22H27F3N4O2. The van der Waals surface area contributed by atoms with Crippen molar-refractivity contribution in [1.82, 2.24) is 15.2 Å². The van der Waals surface area contributed by atoms with E-state index in [9.17, 15) is 18.0 Å². The van der Waals surface area contributed by atoms with Gasteiger partial charge in [-0.3, -0.25) is 9.69 Å². The molecule has 1 aromatic carbocycles. The van der Waals surface area contributed by atoms with Gasteiger partial charge in [-0.15, -0.1) is 0 Å². The number of carbonyl (C=O) groups excluding carboxylic acids is 1. The van der Waals surface area contributed by atoms with Crippen molar-refractivity contribution in [2.45, 2.75) is 19.0 Å². The Bertz CT molecular complexity index is 851. The first-order valence-electron chi connectivity index (χ1n) is 10.3. The number of anilines is 1. The van der Waals surface area contributed by atoms with Gasteiger partial charge in [-0.2, -0.15) is 13.2 Å². The number of unbranched alkanes of at least 4 members (excludes halogenated alkanes) is 1. The predicted molar refractivity (Wildman–Crippen MR) is 112 cm³/mol. The first-order chi connectivity index (χ1) is 14.9. The number of aromatic nitrogens is 1.